The maximum atomic E-state index is 11.3. The van der Waals surface area contributed by atoms with Crippen LogP contribution in [0.3, 0.4) is 0 Å². The number of ether oxygens (including phenoxy) is 2. The van der Waals surface area contributed by atoms with Crippen molar-refractivity contribution in [2.45, 2.75) is 32.7 Å². The fraction of sp³-hybridized carbons (Fsp3) is 0.257. The summed E-state index contributed by atoms with van der Waals surface area (Å²) in [7, 11) is 0. The number of carboxylic acids is 2. The van der Waals surface area contributed by atoms with E-state index in [0.29, 0.717) is 44.0 Å². The Labute approximate surface area is 262 Å². The average Bonchev–Trinajstić information content (AvgIpc) is 3.03. The number of carboxylic acid groups (broad SMARTS) is 2. The zero-order valence-corrected chi connectivity index (χ0v) is 25.1. The van der Waals surface area contributed by atoms with E-state index < -0.39 is 18.0 Å². The Morgan fingerprint density at radius 2 is 1.53 bits per heavy atom. The summed E-state index contributed by atoms with van der Waals surface area (Å²) in [5.41, 5.74) is 5.20. The zero-order valence-electron chi connectivity index (χ0n) is 25.1. The van der Waals surface area contributed by atoms with Crippen LogP contribution in [-0.2, 0) is 29.2 Å². The van der Waals surface area contributed by atoms with E-state index in [-0.39, 0.29) is 17.9 Å². The molecule has 6 N–H and O–H groups in total. The van der Waals surface area contributed by atoms with E-state index in [1.165, 1.54) is 6.07 Å². The van der Waals surface area contributed by atoms with E-state index in [1.54, 1.807) is 30.3 Å². The number of hydrogen-bond acceptors (Lipinski definition) is 8. The second kappa shape index (κ2) is 18.2. The molecular formula is C35H39NO9. The molecule has 0 saturated carbocycles. The summed E-state index contributed by atoms with van der Waals surface area (Å²) in [6.45, 7) is 3.10. The van der Waals surface area contributed by atoms with Crippen molar-refractivity contribution in [2.24, 2.45) is 0 Å². The standard InChI is InChI=1S/C33H35NO7.C2H4O2/c35-21-29-19-27(9-12-31(29)36)32(37)20-34-14-13-23-7-10-30(11-8-23)41-16-15-40-22-24-3-1-4-25(17-24)26-5-2-6-28(18-26)33(38)39;1-2(3)4/h1-12,17-19,32,34-37H,13-16,20-22H2,(H,38,39);1H3,(H,3,4)/t32-;/m0./s1. The van der Waals surface area contributed by atoms with Crippen LogP contribution < -0.4 is 10.1 Å². The van der Waals surface area contributed by atoms with Crippen LogP contribution in [0.5, 0.6) is 11.5 Å². The van der Waals surface area contributed by atoms with Gasteiger partial charge in [-0.2, -0.15) is 0 Å². The molecule has 0 aliphatic rings. The van der Waals surface area contributed by atoms with Gasteiger partial charge in [-0.1, -0.05) is 48.5 Å². The second-order valence-electron chi connectivity index (χ2n) is 10.2. The van der Waals surface area contributed by atoms with Crippen molar-refractivity contribution >= 4 is 11.9 Å². The number of aromatic hydroxyl groups is 1. The van der Waals surface area contributed by atoms with Crippen LogP contribution in [0, 0.1) is 0 Å². The molecule has 10 heteroatoms. The van der Waals surface area contributed by atoms with E-state index in [9.17, 15) is 25.2 Å². The van der Waals surface area contributed by atoms with Gasteiger partial charge in [0, 0.05) is 19.0 Å². The van der Waals surface area contributed by atoms with Gasteiger partial charge in [0.2, 0.25) is 0 Å². The summed E-state index contributed by atoms with van der Waals surface area (Å²) in [4.78, 5) is 20.3. The van der Waals surface area contributed by atoms with Crippen LogP contribution in [0.2, 0.25) is 0 Å². The van der Waals surface area contributed by atoms with Crippen molar-refractivity contribution in [3.05, 3.63) is 119 Å². The topological polar surface area (TPSA) is 166 Å². The average molecular weight is 618 g/mol. The van der Waals surface area contributed by atoms with E-state index >= 15 is 0 Å². The summed E-state index contributed by atoms with van der Waals surface area (Å²) >= 11 is 0. The minimum atomic E-state index is -0.948. The van der Waals surface area contributed by atoms with Crippen LogP contribution in [0.4, 0.5) is 0 Å². The molecule has 0 unspecified atom stereocenters. The first kappa shape index (κ1) is 34.7. The highest BCUT2D eigenvalue weighted by molar-refractivity contribution is 5.89. The van der Waals surface area contributed by atoms with E-state index in [4.69, 9.17) is 19.4 Å². The molecule has 0 heterocycles. The number of carbonyl (C=O) groups is 2. The highest BCUT2D eigenvalue weighted by Crippen LogP contribution is 2.23. The molecular weight excluding hydrogens is 578 g/mol. The Kier molecular flexibility index (Phi) is 14.0. The predicted molar refractivity (Wildman–Crippen MR) is 169 cm³/mol. The Balaban J connectivity index is 0.00000130. The smallest absolute Gasteiger partial charge is 0.335 e. The first-order chi connectivity index (χ1) is 21.7. The minimum Gasteiger partial charge on any atom is -0.508 e. The molecule has 0 spiro atoms. The largest absolute Gasteiger partial charge is 0.508 e. The van der Waals surface area contributed by atoms with Crippen molar-refractivity contribution in [3.8, 4) is 22.6 Å². The van der Waals surface area contributed by atoms with Crippen molar-refractivity contribution in [1.29, 1.82) is 0 Å². The lowest BCUT2D eigenvalue weighted by molar-refractivity contribution is -0.134. The van der Waals surface area contributed by atoms with Gasteiger partial charge in [-0.05, 0) is 83.2 Å². The van der Waals surface area contributed by atoms with Crippen LogP contribution in [-0.4, -0.2) is 63.8 Å². The summed E-state index contributed by atoms with van der Waals surface area (Å²) in [6.07, 6.45) is 0.0477. The van der Waals surface area contributed by atoms with Crippen molar-refractivity contribution < 1.29 is 44.6 Å². The molecule has 0 fully saturated rings. The Hall–Kier alpha value is -4.74. The van der Waals surface area contributed by atoms with Crippen molar-refractivity contribution in [1.82, 2.24) is 5.32 Å². The monoisotopic (exact) mass is 617 g/mol. The first-order valence-electron chi connectivity index (χ1n) is 14.4. The van der Waals surface area contributed by atoms with Crippen LogP contribution in [0.1, 0.15) is 45.6 Å². The van der Waals surface area contributed by atoms with Crippen LogP contribution >= 0.6 is 0 Å². The second-order valence-corrected chi connectivity index (χ2v) is 10.2. The van der Waals surface area contributed by atoms with Gasteiger partial charge in [0.15, 0.2) is 0 Å². The van der Waals surface area contributed by atoms with Gasteiger partial charge in [0.25, 0.3) is 5.97 Å². The number of aliphatic hydroxyl groups is 2. The minimum absolute atomic E-state index is 0.0151. The molecule has 0 aliphatic heterocycles. The summed E-state index contributed by atoms with van der Waals surface area (Å²) < 4.78 is 11.6. The van der Waals surface area contributed by atoms with Crippen molar-refractivity contribution in [3.63, 3.8) is 0 Å². The maximum Gasteiger partial charge on any atom is 0.335 e. The zero-order chi connectivity index (χ0) is 32.6. The third-order valence-electron chi connectivity index (χ3n) is 6.65. The lowest BCUT2D eigenvalue weighted by Gasteiger charge is -2.14. The fourth-order valence-electron chi connectivity index (χ4n) is 4.36. The summed E-state index contributed by atoms with van der Waals surface area (Å²) in [5.74, 6) is -1.01. The van der Waals surface area contributed by atoms with Crippen LogP contribution in [0.15, 0.2) is 91.0 Å². The number of aliphatic hydroxyl groups excluding tert-OH is 2. The number of aromatic carboxylic acids is 1. The molecule has 4 rings (SSSR count). The molecule has 0 radical (unpaired) electrons. The van der Waals surface area contributed by atoms with Gasteiger partial charge in [0.05, 0.1) is 31.5 Å². The fourth-order valence-corrected chi connectivity index (χ4v) is 4.36. The molecule has 0 saturated heterocycles. The molecule has 45 heavy (non-hydrogen) atoms. The summed E-state index contributed by atoms with van der Waals surface area (Å²) in [6, 6.07) is 27.3. The normalized spacial score (nSPS) is 11.3. The number of rotatable bonds is 15. The molecule has 0 aromatic heterocycles. The number of benzene rings is 4. The molecule has 10 nitrogen and oxygen atoms in total. The number of hydrogen-bond donors (Lipinski definition) is 6. The SMILES string of the molecule is CC(=O)O.O=C(O)c1cccc(-c2cccc(COCCOc3ccc(CCNC[C@H](O)c4ccc(O)c(CO)c4)cc3)c2)c1. The molecule has 1 atom stereocenters. The molecule has 0 bridgehead atoms. The van der Waals surface area contributed by atoms with Gasteiger partial charge in [0.1, 0.15) is 18.1 Å². The third-order valence-corrected chi connectivity index (χ3v) is 6.65. The predicted octanol–water partition coefficient (Wildman–Crippen LogP) is 4.80. The van der Waals surface area contributed by atoms with Gasteiger partial charge >= 0.3 is 5.97 Å². The number of aliphatic carboxylic acids is 1. The maximum absolute atomic E-state index is 11.3. The van der Waals surface area contributed by atoms with Gasteiger partial charge < -0.3 is 40.3 Å². The highest BCUT2D eigenvalue weighted by atomic mass is 16.5. The summed E-state index contributed by atoms with van der Waals surface area (Å²) in [5, 5.41) is 49.2. The third kappa shape index (κ3) is 12.0. The van der Waals surface area contributed by atoms with Gasteiger partial charge in [-0.15, -0.1) is 0 Å². The van der Waals surface area contributed by atoms with Crippen molar-refractivity contribution in [2.75, 3.05) is 26.3 Å². The van der Waals surface area contributed by atoms with E-state index in [2.05, 4.69) is 5.32 Å². The lowest BCUT2D eigenvalue weighted by atomic mass is 10.0. The number of nitrogens with one attached hydrogen (secondary N) is 1. The molecule has 0 amide bonds. The molecule has 4 aromatic rings. The Morgan fingerprint density at radius 3 is 2.22 bits per heavy atom. The molecule has 238 valence electrons. The highest BCUT2D eigenvalue weighted by Gasteiger charge is 2.10. The Morgan fingerprint density at radius 1 is 0.844 bits per heavy atom. The van der Waals surface area contributed by atoms with E-state index in [0.717, 1.165) is 41.3 Å². The Bertz CT molecular complexity index is 1520. The van der Waals surface area contributed by atoms with Gasteiger partial charge in [-0.25, -0.2) is 4.79 Å². The van der Waals surface area contributed by atoms with Gasteiger partial charge in [-0.3, -0.25) is 4.79 Å². The quantitative estimate of drug-likeness (QED) is 0.102. The molecule has 4 aromatic carbocycles. The number of phenols is 1. The first-order valence-corrected chi connectivity index (χ1v) is 14.4. The lowest BCUT2D eigenvalue weighted by Crippen LogP contribution is -2.23. The van der Waals surface area contributed by atoms with E-state index in [1.807, 2.05) is 54.6 Å². The van der Waals surface area contributed by atoms with Crippen LogP contribution in [0.25, 0.3) is 11.1 Å². The molecule has 0 aliphatic carbocycles.